The van der Waals surface area contributed by atoms with Crippen LogP contribution in [-0.4, -0.2) is 48.0 Å². The molecule has 0 spiro atoms. The van der Waals surface area contributed by atoms with Crippen molar-refractivity contribution in [1.82, 2.24) is 9.88 Å². The van der Waals surface area contributed by atoms with Gasteiger partial charge in [-0.2, -0.15) is 0 Å². The van der Waals surface area contributed by atoms with E-state index >= 15 is 0 Å². The van der Waals surface area contributed by atoms with Crippen LogP contribution < -0.4 is 14.8 Å². The molecule has 2 aromatic rings. The molecule has 0 unspecified atom stereocenters. The third-order valence-electron chi connectivity index (χ3n) is 3.40. The first kappa shape index (κ1) is 16.3. The summed E-state index contributed by atoms with van der Waals surface area (Å²) in [5, 5.41) is 4.59. The average Bonchev–Trinajstić information content (AvgIpc) is 3.01. The number of anilines is 1. The second-order valence-corrected chi connectivity index (χ2v) is 6.26. The Morgan fingerprint density at radius 3 is 2.88 bits per heavy atom. The van der Waals surface area contributed by atoms with Crippen LogP contribution >= 0.6 is 11.3 Å². The van der Waals surface area contributed by atoms with Crippen LogP contribution in [0.3, 0.4) is 0 Å². The van der Waals surface area contributed by atoms with Gasteiger partial charge in [0, 0.05) is 19.4 Å². The fourth-order valence-corrected chi connectivity index (χ4v) is 3.05. The van der Waals surface area contributed by atoms with Crippen LogP contribution in [0.15, 0.2) is 29.6 Å². The van der Waals surface area contributed by atoms with Gasteiger partial charge in [-0.3, -0.25) is 9.59 Å². The van der Waals surface area contributed by atoms with Crippen molar-refractivity contribution in [2.75, 3.05) is 25.5 Å². The van der Waals surface area contributed by atoms with Gasteiger partial charge in [0.25, 0.3) is 5.91 Å². The number of thiazole rings is 1. The molecule has 0 fully saturated rings. The SMILES string of the molecule is CC(=O)Nc1nc(C(=O)N(C)C[C@H]2COc3ccccc3O2)cs1. The first-order chi connectivity index (χ1) is 11.5. The molecule has 2 amide bonds. The first-order valence-corrected chi connectivity index (χ1v) is 8.28. The lowest BCUT2D eigenvalue weighted by Crippen LogP contribution is -2.41. The molecular formula is C16H17N3O4S. The summed E-state index contributed by atoms with van der Waals surface area (Å²) in [4.78, 5) is 29.1. The predicted molar refractivity (Wildman–Crippen MR) is 89.7 cm³/mol. The number of likely N-dealkylation sites (N-methyl/N-ethyl adjacent to an activating group) is 1. The van der Waals surface area contributed by atoms with Gasteiger partial charge in [0.2, 0.25) is 5.91 Å². The molecular weight excluding hydrogens is 330 g/mol. The molecule has 7 nitrogen and oxygen atoms in total. The van der Waals surface area contributed by atoms with Crippen molar-refractivity contribution in [3.63, 3.8) is 0 Å². The smallest absolute Gasteiger partial charge is 0.273 e. The number of carbonyl (C=O) groups is 2. The number of amides is 2. The average molecular weight is 347 g/mol. The third kappa shape index (κ3) is 3.65. The number of hydrogen-bond donors (Lipinski definition) is 1. The quantitative estimate of drug-likeness (QED) is 0.915. The number of para-hydroxylation sites is 2. The van der Waals surface area contributed by atoms with Gasteiger partial charge in [-0.05, 0) is 12.1 Å². The summed E-state index contributed by atoms with van der Waals surface area (Å²) >= 11 is 1.21. The van der Waals surface area contributed by atoms with E-state index < -0.39 is 0 Å². The Morgan fingerprint density at radius 2 is 2.12 bits per heavy atom. The number of carbonyl (C=O) groups excluding carboxylic acids is 2. The molecule has 8 heteroatoms. The molecule has 2 heterocycles. The van der Waals surface area contributed by atoms with E-state index in [0.29, 0.717) is 35.5 Å². The molecule has 126 valence electrons. The maximum Gasteiger partial charge on any atom is 0.273 e. The monoisotopic (exact) mass is 347 g/mol. The van der Waals surface area contributed by atoms with Crippen molar-refractivity contribution in [3.8, 4) is 11.5 Å². The molecule has 0 saturated carbocycles. The standard InChI is InChI=1S/C16H17N3O4S/c1-10(20)17-16-18-12(9-24-16)15(21)19(2)7-11-8-22-13-5-3-4-6-14(13)23-11/h3-6,9,11H,7-8H2,1-2H3,(H,17,18,20)/t11-/m0/s1. The van der Waals surface area contributed by atoms with E-state index in [9.17, 15) is 9.59 Å². The van der Waals surface area contributed by atoms with Gasteiger partial charge in [0.15, 0.2) is 22.7 Å². The highest BCUT2D eigenvalue weighted by molar-refractivity contribution is 7.14. The summed E-state index contributed by atoms with van der Waals surface area (Å²) < 4.78 is 11.5. The summed E-state index contributed by atoms with van der Waals surface area (Å²) in [7, 11) is 1.68. The third-order valence-corrected chi connectivity index (χ3v) is 4.16. The van der Waals surface area contributed by atoms with Crippen LogP contribution in [-0.2, 0) is 4.79 Å². The Balaban J connectivity index is 1.60. The minimum atomic E-state index is -0.248. The van der Waals surface area contributed by atoms with Crippen molar-refractivity contribution < 1.29 is 19.1 Å². The molecule has 1 aromatic heterocycles. The van der Waals surface area contributed by atoms with Gasteiger partial charge in [-0.25, -0.2) is 4.98 Å². The number of hydrogen-bond acceptors (Lipinski definition) is 6. The maximum absolute atomic E-state index is 12.4. The molecule has 0 bridgehead atoms. The van der Waals surface area contributed by atoms with E-state index in [1.165, 1.54) is 23.2 Å². The molecule has 3 rings (SSSR count). The Kier molecular flexibility index (Phi) is 4.66. The topological polar surface area (TPSA) is 80.8 Å². The number of nitrogens with one attached hydrogen (secondary N) is 1. The molecule has 1 aliphatic heterocycles. The van der Waals surface area contributed by atoms with Crippen molar-refractivity contribution >= 4 is 28.3 Å². The van der Waals surface area contributed by atoms with E-state index in [4.69, 9.17) is 9.47 Å². The van der Waals surface area contributed by atoms with Gasteiger partial charge in [-0.1, -0.05) is 12.1 Å². The highest BCUT2D eigenvalue weighted by atomic mass is 32.1. The van der Waals surface area contributed by atoms with Crippen molar-refractivity contribution in [1.29, 1.82) is 0 Å². The fraction of sp³-hybridized carbons (Fsp3) is 0.312. The molecule has 1 aromatic carbocycles. The molecule has 0 radical (unpaired) electrons. The number of ether oxygens (including phenoxy) is 2. The minimum Gasteiger partial charge on any atom is -0.486 e. The van der Waals surface area contributed by atoms with Gasteiger partial charge >= 0.3 is 0 Å². The van der Waals surface area contributed by atoms with Crippen LogP contribution in [0.5, 0.6) is 11.5 Å². The van der Waals surface area contributed by atoms with Crippen molar-refractivity contribution in [3.05, 3.63) is 35.3 Å². The molecule has 1 atom stereocenters. The highest BCUT2D eigenvalue weighted by Crippen LogP contribution is 2.31. The van der Waals surface area contributed by atoms with E-state index in [0.717, 1.165) is 0 Å². The summed E-state index contributed by atoms with van der Waals surface area (Å²) in [6, 6.07) is 7.44. The summed E-state index contributed by atoms with van der Waals surface area (Å²) in [6.45, 7) is 2.15. The van der Waals surface area contributed by atoms with Crippen LogP contribution in [0.4, 0.5) is 5.13 Å². The number of rotatable bonds is 4. The van der Waals surface area contributed by atoms with E-state index in [1.807, 2.05) is 24.3 Å². The Morgan fingerprint density at radius 1 is 1.38 bits per heavy atom. The van der Waals surface area contributed by atoms with E-state index in [1.54, 1.807) is 12.4 Å². The lowest BCUT2D eigenvalue weighted by Gasteiger charge is -2.29. The second kappa shape index (κ2) is 6.88. The van der Waals surface area contributed by atoms with Gasteiger partial charge in [0.05, 0.1) is 6.54 Å². The highest BCUT2D eigenvalue weighted by Gasteiger charge is 2.25. The Hall–Kier alpha value is -2.61. The fourth-order valence-electron chi connectivity index (χ4n) is 2.32. The summed E-state index contributed by atoms with van der Waals surface area (Å²) in [5.41, 5.74) is 0.295. The molecule has 1 N–H and O–H groups in total. The zero-order valence-corrected chi connectivity index (χ0v) is 14.1. The van der Waals surface area contributed by atoms with Crippen LogP contribution in [0.25, 0.3) is 0 Å². The molecule has 0 saturated heterocycles. The van der Waals surface area contributed by atoms with Gasteiger partial charge in [0.1, 0.15) is 12.3 Å². The summed E-state index contributed by atoms with van der Waals surface area (Å²) in [6.07, 6.45) is -0.248. The first-order valence-electron chi connectivity index (χ1n) is 7.40. The largest absolute Gasteiger partial charge is 0.486 e. The lowest BCUT2D eigenvalue weighted by atomic mass is 10.2. The number of aromatic nitrogens is 1. The number of benzene rings is 1. The van der Waals surface area contributed by atoms with E-state index in [2.05, 4.69) is 10.3 Å². The minimum absolute atomic E-state index is 0.219. The molecule has 24 heavy (non-hydrogen) atoms. The van der Waals surface area contributed by atoms with Crippen molar-refractivity contribution in [2.24, 2.45) is 0 Å². The van der Waals surface area contributed by atoms with Crippen LogP contribution in [0.1, 0.15) is 17.4 Å². The number of fused-ring (bicyclic) bond motifs is 1. The van der Waals surface area contributed by atoms with Crippen LogP contribution in [0, 0.1) is 0 Å². The molecule has 0 aliphatic carbocycles. The van der Waals surface area contributed by atoms with Gasteiger partial charge < -0.3 is 19.7 Å². The Bertz CT molecular complexity index is 761. The summed E-state index contributed by atoms with van der Waals surface area (Å²) in [5.74, 6) is 0.937. The maximum atomic E-state index is 12.4. The zero-order chi connectivity index (χ0) is 17.1. The second-order valence-electron chi connectivity index (χ2n) is 5.40. The number of nitrogens with zero attached hydrogens (tertiary/aromatic N) is 2. The van der Waals surface area contributed by atoms with Gasteiger partial charge in [-0.15, -0.1) is 11.3 Å². The van der Waals surface area contributed by atoms with Crippen molar-refractivity contribution in [2.45, 2.75) is 13.0 Å². The Labute approximate surface area is 143 Å². The van der Waals surface area contributed by atoms with E-state index in [-0.39, 0.29) is 17.9 Å². The zero-order valence-electron chi connectivity index (χ0n) is 13.3. The van der Waals surface area contributed by atoms with Crippen LogP contribution in [0.2, 0.25) is 0 Å². The normalized spacial score (nSPS) is 15.7. The predicted octanol–water partition coefficient (Wildman–Crippen LogP) is 2.01. The molecule has 1 aliphatic rings. The lowest BCUT2D eigenvalue weighted by molar-refractivity contribution is -0.114.